The fourth-order valence-electron chi connectivity index (χ4n) is 2.93. The Morgan fingerprint density at radius 2 is 0.875 bits per heavy atom. The van der Waals surface area contributed by atoms with Gasteiger partial charge in [0.1, 0.15) is 0 Å². The minimum atomic E-state index is 1.39. The van der Waals surface area contributed by atoms with Crippen molar-refractivity contribution in [1.29, 1.82) is 0 Å². The lowest BCUT2D eigenvalue weighted by Gasteiger charge is -1.90. The Labute approximate surface area is 158 Å². The lowest BCUT2D eigenvalue weighted by molar-refractivity contribution is 1.65. The molecule has 0 nitrogen and oxygen atoms in total. The van der Waals surface area contributed by atoms with E-state index in [-0.39, 0.29) is 0 Å². The molecule has 0 saturated carbocycles. The van der Waals surface area contributed by atoms with Crippen LogP contribution < -0.4 is 0 Å². The summed E-state index contributed by atoms with van der Waals surface area (Å²) in [6, 6.07) is 13.5. The number of benzene rings is 1. The van der Waals surface area contributed by atoms with Gasteiger partial charge in [-0.15, -0.1) is 45.3 Å². The molecule has 0 spiro atoms. The molecule has 0 aliphatic carbocycles. The van der Waals surface area contributed by atoms with E-state index in [0.717, 1.165) is 0 Å². The molecule has 5 aromatic rings. The summed E-state index contributed by atoms with van der Waals surface area (Å²) in [5.41, 5.74) is 0. The number of hydrogen-bond acceptors (Lipinski definition) is 4. The lowest BCUT2D eigenvalue weighted by atomic mass is 10.2. The van der Waals surface area contributed by atoms with Crippen LogP contribution in [0.25, 0.3) is 29.6 Å². The number of hydrogen-bond donors (Lipinski definition) is 0. The number of aryl methyl sites for hydroxylation is 4. The fourth-order valence-corrected chi connectivity index (χ4v) is 7.34. The van der Waals surface area contributed by atoms with E-state index >= 15 is 0 Å². The first-order chi connectivity index (χ1) is 11.5. The van der Waals surface area contributed by atoms with Crippen LogP contribution in [0.2, 0.25) is 0 Å². The van der Waals surface area contributed by atoms with E-state index in [2.05, 4.69) is 64.1 Å². The monoisotopic (exact) mass is 386 g/mol. The second kappa shape index (κ2) is 6.26. The number of rotatable bonds is 0. The third kappa shape index (κ3) is 3.04. The smallest absolute Gasteiger partial charge is 0.0523 e. The maximum Gasteiger partial charge on any atom is 0.0523 e. The van der Waals surface area contributed by atoms with E-state index in [1.54, 1.807) is 0 Å². The van der Waals surface area contributed by atoms with Crippen LogP contribution in [0.1, 0.15) is 19.5 Å². The fraction of sp³-hybridized carbons (Fsp3) is 0.200. The molecule has 0 atom stereocenters. The highest BCUT2D eigenvalue weighted by atomic mass is 32.1. The largest absolute Gasteiger partial charge is 0.140 e. The third-order valence-corrected chi connectivity index (χ3v) is 8.29. The van der Waals surface area contributed by atoms with Crippen LogP contribution in [0.4, 0.5) is 0 Å². The molecular weight excluding hydrogens is 368 g/mol. The molecule has 24 heavy (non-hydrogen) atoms. The molecule has 0 aliphatic heterocycles. The van der Waals surface area contributed by atoms with Crippen LogP contribution in [-0.2, 0) is 0 Å². The van der Waals surface area contributed by atoms with Crippen molar-refractivity contribution in [3.8, 4) is 0 Å². The van der Waals surface area contributed by atoms with Crippen molar-refractivity contribution in [2.45, 2.75) is 27.7 Å². The zero-order valence-corrected chi connectivity index (χ0v) is 17.4. The predicted octanol–water partition coefficient (Wildman–Crippen LogP) is 8.31. The van der Waals surface area contributed by atoms with E-state index in [1.165, 1.54) is 49.1 Å². The van der Waals surface area contributed by atoms with Crippen LogP contribution in [0, 0.1) is 27.7 Å². The molecule has 4 heterocycles. The molecule has 0 radical (unpaired) electrons. The average molecular weight is 387 g/mol. The summed E-state index contributed by atoms with van der Waals surface area (Å²) < 4.78 is 5.80. The molecule has 0 bridgehead atoms. The molecule has 5 rings (SSSR count). The van der Waals surface area contributed by atoms with Crippen molar-refractivity contribution in [2.24, 2.45) is 0 Å². The van der Waals surface area contributed by atoms with Gasteiger partial charge in [-0.2, -0.15) is 0 Å². The molecule has 0 N–H and O–H groups in total. The minimum absolute atomic E-state index is 1.39. The van der Waals surface area contributed by atoms with E-state index < -0.39 is 0 Å². The number of fused-ring (bicyclic) bond motifs is 4. The van der Waals surface area contributed by atoms with Gasteiger partial charge < -0.3 is 0 Å². The maximum atomic E-state index is 2.27. The van der Waals surface area contributed by atoms with Crippen molar-refractivity contribution >= 4 is 74.9 Å². The summed E-state index contributed by atoms with van der Waals surface area (Å²) >= 11 is 7.58. The van der Waals surface area contributed by atoms with Crippen molar-refractivity contribution in [3.05, 3.63) is 55.9 Å². The van der Waals surface area contributed by atoms with Gasteiger partial charge in [-0.05, 0) is 62.7 Å². The summed E-state index contributed by atoms with van der Waals surface area (Å²) in [7, 11) is 0. The quantitative estimate of drug-likeness (QED) is 0.251. The van der Waals surface area contributed by atoms with E-state index in [9.17, 15) is 0 Å². The molecule has 0 unspecified atom stereocenters. The first-order valence-corrected chi connectivity index (χ1v) is 11.1. The molecule has 0 saturated heterocycles. The Morgan fingerprint density at radius 3 is 1.29 bits per heavy atom. The highest BCUT2D eigenvalue weighted by molar-refractivity contribution is 7.28. The van der Waals surface area contributed by atoms with Gasteiger partial charge in [-0.25, -0.2) is 0 Å². The molecule has 0 fully saturated rings. The Kier molecular flexibility index (Phi) is 4.25. The minimum Gasteiger partial charge on any atom is -0.140 e. The van der Waals surface area contributed by atoms with Crippen LogP contribution in [-0.4, -0.2) is 0 Å². The second-order valence-corrected chi connectivity index (χ2v) is 11.1. The van der Waals surface area contributed by atoms with Gasteiger partial charge in [0.2, 0.25) is 0 Å². The van der Waals surface area contributed by atoms with E-state index in [1.807, 2.05) is 45.3 Å². The molecule has 1 aromatic carbocycles. The average Bonchev–Trinajstić information content (AvgIpc) is 3.20. The summed E-state index contributed by atoms with van der Waals surface area (Å²) in [5.74, 6) is 0. The summed E-state index contributed by atoms with van der Waals surface area (Å²) in [6.07, 6.45) is 0. The van der Waals surface area contributed by atoms with Gasteiger partial charge in [-0.1, -0.05) is 12.1 Å². The first kappa shape index (κ1) is 16.3. The van der Waals surface area contributed by atoms with Gasteiger partial charge in [0.05, 0.1) is 9.40 Å². The van der Waals surface area contributed by atoms with Crippen molar-refractivity contribution in [3.63, 3.8) is 0 Å². The Morgan fingerprint density at radius 1 is 0.500 bits per heavy atom. The van der Waals surface area contributed by atoms with Gasteiger partial charge in [-0.3, -0.25) is 0 Å². The van der Waals surface area contributed by atoms with Crippen LogP contribution in [0.3, 0.4) is 0 Å². The van der Waals surface area contributed by atoms with Crippen molar-refractivity contribution in [2.75, 3.05) is 0 Å². The predicted molar refractivity (Wildman–Crippen MR) is 116 cm³/mol. The standard InChI is InChI=1S/C12H10S2.C8H8S2/c1-7-5-9-3-4-10-6-8(2)14-12(10)11(9)13-7;1-5-3-7-8(9-5)4-6(2)10-7/h3-6H,1-2H3;3-4H,1-2H3. The molecule has 122 valence electrons. The van der Waals surface area contributed by atoms with Crippen LogP contribution in [0.15, 0.2) is 36.4 Å². The van der Waals surface area contributed by atoms with Gasteiger partial charge >= 0.3 is 0 Å². The summed E-state index contributed by atoms with van der Waals surface area (Å²) in [6.45, 7) is 8.67. The normalized spacial score (nSPS) is 11.3. The maximum absolute atomic E-state index is 2.27. The van der Waals surface area contributed by atoms with E-state index in [4.69, 9.17) is 0 Å². The third-order valence-electron chi connectivity index (χ3n) is 3.87. The molecule has 0 amide bonds. The Hall–Kier alpha value is -1.20. The summed E-state index contributed by atoms with van der Waals surface area (Å²) in [4.78, 5) is 5.64. The van der Waals surface area contributed by atoms with Crippen molar-refractivity contribution in [1.82, 2.24) is 0 Å². The van der Waals surface area contributed by atoms with E-state index in [0.29, 0.717) is 0 Å². The van der Waals surface area contributed by atoms with Gasteiger partial charge in [0.15, 0.2) is 0 Å². The van der Waals surface area contributed by atoms with Crippen LogP contribution >= 0.6 is 45.3 Å². The van der Waals surface area contributed by atoms with Gasteiger partial charge in [0, 0.05) is 28.9 Å². The highest BCUT2D eigenvalue weighted by Crippen LogP contribution is 2.36. The zero-order chi connectivity index (χ0) is 16.8. The SMILES string of the molecule is Cc1cc2ccc3cc(C)sc3c2s1.Cc1cc2sc(C)cc2s1. The molecular formula is C20H18S4. The second-order valence-electron chi connectivity index (χ2n) is 6.06. The lowest BCUT2D eigenvalue weighted by Crippen LogP contribution is -1.62. The zero-order valence-electron chi connectivity index (χ0n) is 14.1. The van der Waals surface area contributed by atoms with Gasteiger partial charge in [0.25, 0.3) is 0 Å². The summed E-state index contributed by atoms with van der Waals surface area (Å²) in [5, 5.41) is 2.78. The molecule has 0 aliphatic rings. The first-order valence-electron chi connectivity index (χ1n) is 7.85. The topological polar surface area (TPSA) is 0 Å². The van der Waals surface area contributed by atoms with Crippen LogP contribution in [0.5, 0.6) is 0 Å². The Bertz CT molecular complexity index is 1030. The van der Waals surface area contributed by atoms with Crippen molar-refractivity contribution < 1.29 is 0 Å². The number of thiophene rings is 4. The molecule has 4 aromatic heterocycles. The molecule has 4 heteroatoms. The highest BCUT2D eigenvalue weighted by Gasteiger charge is 2.06. The Balaban J connectivity index is 0.000000129.